The van der Waals surface area contributed by atoms with Crippen LogP contribution in [0.3, 0.4) is 0 Å². The van der Waals surface area contributed by atoms with Crippen LogP contribution in [0.1, 0.15) is 21.7 Å². The Kier molecular flexibility index (Phi) is 6.20. The summed E-state index contributed by atoms with van der Waals surface area (Å²) in [5, 5.41) is 0.335. The van der Waals surface area contributed by atoms with Crippen molar-refractivity contribution >= 4 is 17.4 Å². The number of rotatable bonds is 6. The molecule has 7 nitrogen and oxygen atoms in total. The zero-order valence-corrected chi connectivity index (χ0v) is 17.2. The molecule has 1 aromatic heterocycles. The average molecular weight is 429 g/mol. The lowest BCUT2D eigenvalue weighted by atomic mass is 10.1. The molecular weight excluding hydrogens is 409 g/mol. The molecule has 30 heavy (non-hydrogen) atoms. The number of methoxy groups -OCH3 is 1. The number of hydrogen-bond donors (Lipinski definition) is 0. The first-order valence-electron chi connectivity index (χ1n) is 9.42. The fraction of sp³-hybridized carbons (Fsp3) is 0.286. The summed E-state index contributed by atoms with van der Waals surface area (Å²) >= 11 is 1.10. The molecule has 0 unspecified atom stereocenters. The molecule has 0 radical (unpaired) electrons. The van der Waals surface area contributed by atoms with Gasteiger partial charge in [-0.2, -0.15) is 9.36 Å². The Balaban J connectivity index is 1.50. The first kappa shape index (κ1) is 20.2. The Bertz CT molecular complexity index is 1020. The summed E-state index contributed by atoms with van der Waals surface area (Å²) in [6, 6.07) is 11.3. The third-order valence-corrected chi connectivity index (χ3v) is 5.26. The summed E-state index contributed by atoms with van der Waals surface area (Å²) in [5.74, 6) is 1.08. The minimum absolute atomic E-state index is 0.0833. The zero-order valence-electron chi connectivity index (χ0n) is 16.3. The van der Waals surface area contributed by atoms with E-state index in [9.17, 15) is 9.18 Å². The van der Waals surface area contributed by atoms with E-state index < -0.39 is 0 Å². The van der Waals surface area contributed by atoms with Crippen molar-refractivity contribution in [2.24, 2.45) is 0 Å². The molecule has 1 aliphatic heterocycles. The average Bonchev–Trinajstić information content (AvgIpc) is 3.22. The standard InChI is InChI=1S/C21H20FN3O4S/c1-27-17-7-4-15(20(26)25-8-10-28-11-9-25)13-18(17)29-21-23-19(24-30-21)12-14-2-5-16(22)6-3-14/h2-7,13H,8-12H2,1H3. The van der Waals surface area contributed by atoms with E-state index in [0.29, 0.717) is 60.8 Å². The second kappa shape index (κ2) is 9.19. The van der Waals surface area contributed by atoms with E-state index in [1.165, 1.54) is 19.2 Å². The molecule has 0 spiro atoms. The maximum absolute atomic E-state index is 13.1. The van der Waals surface area contributed by atoms with Crippen molar-refractivity contribution in [3.63, 3.8) is 0 Å². The Morgan fingerprint density at radius 1 is 1.17 bits per heavy atom. The van der Waals surface area contributed by atoms with Gasteiger partial charge >= 0.3 is 0 Å². The Morgan fingerprint density at radius 2 is 1.93 bits per heavy atom. The monoisotopic (exact) mass is 429 g/mol. The van der Waals surface area contributed by atoms with Crippen molar-refractivity contribution in [1.29, 1.82) is 0 Å². The molecule has 1 saturated heterocycles. The first-order chi connectivity index (χ1) is 14.6. The molecule has 2 aromatic carbocycles. The predicted molar refractivity (Wildman–Crippen MR) is 109 cm³/mol. The number of hydrogen-bond acceptors (Lipinski definition) is 7. The number of amides is 1. The Hall–Kier alpha value is -3.04. The van der Waals surface area contributed by atoms with Gasteiger partial charge in [0.25, 0.3) is 11.1 Å². The Labute approximate surface area is 177 Å². The quantitative estimate of drug-likeness (QED) is 0.597. The number of nitrogens with zero attached hydrogens (tertiary/aromatic N) is 3. The van der Waals surface area contributed by atoms with E-state index in [1.807, 2.05) is 0 Å². The molecule has 4 rings (SSSR count). The summed E-state index contributed by atoms with van der Waals surface area (Å²) in [6.07, 6.45) is 0.465. The maximum Gasteiger partial charge on any atom is 0.298 e. The number of benzene rings is 2. The summed E-state index contributed by atoms with van der Waals surface area (Å²) in [4.78, 5) is 18.9. The van der Waals surface area contributed by atoms with Gasteiger partial charge in [0.05, 0.1) is 20.3 Å². The molecule has 9 heteroatoms. The lowest BCUT2D eigenvalue weighted by molar-refractivity contribution is 0.0302. The van der Waals surface area contributed by atoms with Crippen LogP contribution in [-0.2, 0) is 11.2 Å². The van der Waals surface area contributed by atoms with Crippen LogP contribution in [0, 0.1) is 5.82 Å². The van der Waals surface area contributed by atoms with Gasteiger partial charge in [-0.3, -0.25) is 4.79 Å². The number of morpholine rings is 1. The van der Waals surface area contributed by atoms with Gasteiger partial charge in [-0.05, 0) is 35.9 Å². The molecule has 2 heterocycles. The zero-order chi connectivity index (χ0) is 20.9. The van der Waals surface area contributed by atoms with Gasteiger partial charge in [0.1, 0.15) is 5.82 Å². The molecule has 0 atom stereocenters. The van der Waals surface area contributed by atoms with Crippen molar-refractivity contribution in [2.75, 3.05) is 33.4 Å². The number of ether oxygens (including phenoxy) is 3. The second-order valence-corrected chi connectivity index (χ2v) is 7.37. The highest BCUT2D eigenvalue weighted by Crippen LogP contribution is 2.33. The number of carbonyl (C=O) groups excluding carboxylic acids is 1. The second-order valence-electron chi connectivity index (χ2n) is 6.65. The van der Waals surface area contributed by atoms with E-state index in [0.717, 1.165) is 17.1 Å². The third-order valence-electron chi connectivity index (χ3n) is 4.63. The normalized spacial score (nSPS) is 13.9. The predicted octanol–water partition coefficient (Wildman–Crippen LogP) is 3.54. The van der Waals surface area contributed by atoms with Crippen LogP contribution >= 0.6 is 11.5 Å². The van der Waals surface area contributed by atoms with E-state index in [-0.39, 0.29) is 11.7 Å². The van der Waals surface area contributed by atoms with Gasteiger partial charge in [0.2, 0.25) is 0 Å². The topological polar surface area (TPSA) is 73.8 Å². The van der Waals surface area contributed by atoms with Crippen molar-refractivity contribution in [3.8, 4) is 16.7 Å². The van der Waals surface area contributed by atoms with Crippen LogP contribution < -0.4 is 9.47 Å². The van der Waals surface area contributed by atoms with Crippen molar-refractivity contribution in [1.82, 2.24) is 14.3 Å². The van der Waals surface area contributed by atoms with Crippen LogP contribution in [-0.4, -0.2) is 53.6 Å². The fourth-order valence-corrected chi connectivity index (χ4v) is 3.63. The molecule has 156 valence electrons. The van der Waals surface area contributed by atoms with Gasteiger partial charge in [-0.25, -0.2) is 4.39 Å². The van der Waals surface area contributed by atoms with Gasteiger partial charge in [0.15, 0.2) is 17.3 Å². The summed E-state index contributed by atoms with van der Waals surface area (Å²) in [7, 11) is 1.53. The van der Waals surface area contributed by atoms with Crippen LogP contribution in [0.4, 0.5) is 4.39 Å². The Morgan fingerprint density at radius 3 is 2.67 bits per heavy atom. The van der Waals surface area contributed by atoms with E-state index >= 15 is 0 Å². The highest BCUT2D eigenvalue weighted by molar-refractivity contribution is 7.07. The van der Waals surface area contributed by atoms with Crippen LogP contribution in [0.15, 0.2) is 42.5 Å². The molecular formula is C21H20FN3O4S. The number of carbonyl (C=O) groups is 1. The molecule has 1 aliphatic rings. The number of aromatic nitrogens is 2. The molecule has 1 amide bonds. The third kappa shape index (κ3) is 4.74. The summed E-state index contributed by atoms with van der Waals surface area (Å²) in [5.41, 5.74) is 1.40. The van der Waals surface area contributed by atoms with Crippen molar-refractivity contribution < 1.29 is 23.4 Å². The van der Waals surface area contributed by atoms with Crippen LogP contribution in [0.25, 0.3) is 0 Å². The lowest BCUT2D eigenvalue weighted by Gasteiger charge is -2.27. The SMILES string of the molecule is COc1ccc(C(=O)N2CCOCC2)cc1Oc1nc(Cc2ccc(F)cc2)ns1. The van der Waals surface area contributed by atoms with Crippen molar-refractivity contribution in [2.45, 2.75) is 6.42 Å². The molecule has 0 bridgehead atoms. The minimum atomic E-state index is -0.285. The maximum atomic E-state index is 13.1. The van der Waals surface area contributed by atoms with E-state index in [2.05, 4.69) is 9.36 Å². The highest BCUT2D eigenvalue weighted by Gasteiger charge is 2.21. The summed E-state index contributed by atoms with van der Waals surface area (Å²) < 4.78 is 33.9. The van der Waals surface area contributed by atoms with Crippen molar-refractivity contribution in [3.05, 3.63) is 65.2 Å². The summed E-state index contributed by atoms with van der Waals surface area (Å²) in [6.45, 7) is 2.19. The van der Waals surface area contributed by atoms with Gasteiger partial charge < -0.3 is 19.1 Å². The first-order valence-corrected chi connectivity index (χ1v) is 10.2. The highest BCUT2D eigenvalue weighted by atomic mass is 32.1. The minimum Gasteiger partial charge on any atom is -0.493 e. The van der Waals surface area contributed by atoms with Gasteiger partial charge in [0, 0.05) is 36.6 Å². The van der Waals surface area contributed by atoms with Gasteiger partial charge in [-0.15, -0.1) is 0 Å². The smallest absolute Gasteiger partial charge is 0.298 e. The molecule has 0 saturated carbocycles. The van der Waals surface area contributed by atoms with E-state index in [4.69, 9.17) is 14.2 Å². The van der Waals surface area contributed by atoms with E-state index in [1.54, 1.807) is 35.2 Å². The van der Waals surface area contributed by atoms with Gasteiger partial charge in [-0.1, -0.05) is 12.1 Å². The molecule has 3 aromatic rings. The molecule has 0 N–H and O–H groups in total. The lowest BCUT2D eigenvalue weighted by Crippen LogP contribution is -2.40. The number of halogens is 1. The van der Waals surface area contributed by atoms with Crippen LogP contribution in [0.2, 0.25) is 0 Å². The van der Waals surface area contributed by atoms with Crippen LogP contribution in [0.5, 0.6) is 16.7 Å². The molecule has 1 fully saturated rings. The largest absolute Gasteiger partial charge is 0.493 e. The molecule has 0 aliphatic carbocycles. The fourth-order valence-electron chi connectivity index (χ4n) is 3.07.